The Balaban J connectivity index is 1.80. The second-order valence-corrected chi connectivity index (χ2v) is 7.21. The molecule has 1 saturated heterocycles. The van der Waals surface area contributed by atoms with Crippen molar-refractivity contribution in [3.63, 3.8) is 0 Å². The first kappa shape index (κ1) is 17.4. The molecule has 22 heavy (non-hydrogen) atoms. The number of hydrogen-bond acceptors (Lipinski definition) is 4. The van der Waals surface area contributed by atoms with Crippen LogP contribution in [0.3, 0.4) is 0 Å². The molecule has 0 saturated carbocycles. The Bertz CT molecular complexity index is 558. The van der Waals surface area contributed by atoms with Gasteiger partial charge in [-0.25, -0.2) is 9.71 Å². The summed E-state index contributed by atoms with van der Waals surface area (Å²) in [5.41, 5.74) is 0. The summed E-state index contributed by atoms with van der Waals surface area (Å²) in [6.45, 7) is 4.29. The number of rotatable bonds is 9. The van der Waals surface area contributed by atoms with Crippen LogP contribution in [0.5, 0.6) is 0 Å². The van der Waals surface area contributed by atoms with Crippen LogP contribution in [0.25, 0.3) is 0 Å². The van der Waals surface area contributed by atoms with Crippen molar-refractivity contribution in [2.24, 2.45) is 0 Å². The van der Waals surface area contributed by atoms with E-state index in [9.17, 15) is 8.42 Å². The van der Waals surface area contributed by atoms with E-state index < -0.39 is 10.2 Å². The van der Waals surface area contributed by atoms with E-state index in [1.807, 2.05) is 6.20 Å². The molecule has 1 aromatic rings. The molecule has 0 unspecified atom stereocenters. The molecule has 0 radical (unpaired) electrons. The third-order valence-electron chi connectivity index (χ3n) is 3.97. The molecular weight excluding hydrogens is 304 g/mol. The number of methoxy groups -OCH3 is 1. The van der Waals surface area contributed by atoms with E-state index in [0.29, 0.717) is 19.7 Å². The molecule has 2 rings (SSSR count). The van der Waals surface area contributed by atoms with Gasteiger partial charge < -0.3 is 9.30 Å². The summed E-state index contributed by atoms with van der Waals surface area (Å²) in [5, 5.41) is 0. The smallest absolute Gasteiger partial charge is 0.279 e. The minimum Gasteiger partial charge on any atom is -0.383 e. The van der Waals surface area contributed by atoms with Crippen LogP contribution in [-0.4, -0.2) is 55.1 Å². The van der Waals surface area contributed by atoms with Gasteiger partial charge in [-0.2, -0.15) is 12.7 Å². The van der Waals surface area contributed by atoms with E-state index in [0.717, 1.165) is 38.1 Å². The van der Waals surface area contributed by atoms with Crippen molar-refractivity contribution in [1.82, 2.24) is 18.6 Å². The predicted molar refractivity (Wildman–Crippen MR) is 84.7 cm³/mol. The van der Waals surface area contributed by atoms with Crippen LogP contribution in [0, 0.1) is 0 Å². The SMILES string of the molecule is CCc1nccn1CCCNS(=O)(=O)N1CCC[C@H]1COC. The van der Waals surface area contributed by atoms with Gasteiger partial charge >= 0.3 is 0 Å². The number of nitrogens with zero attached hydrogens (tertiary/aromatic N) is 3. The normalized spacial score (nSPS) is 19.8. The van der Waals surface area contributed by atoms with Crippen LogP contribution >= 0.6 is 0 Å². The molecule has 1 fully saturated rings. The highest BCUT2D eigenvalue weighted by molar-refractivity contribution is 7.87. The molecule has 1 aliphatic heterocycles. The highest BCUT2D eigenvalue weighted by Crippen LogP contribution is 2.20. The minimum atomic E-state index is -3.41. The molecule has 0 amide bonds. The molecule has 1 N–H and O–H groups in total. The lowest BCUT2D eigenvalue weighted by Gasteiger charge is -2.23. The van der Waals surface area contributed by atoms with Gasteiger partial charge in [0.2, 0.25) is 0 Å². The van der Waals surface area contributed by atoms with Gasteiger partial charge in [-0.05, 0) is 19.3 Å². The summed E-state index contributed by atoms with van der Waals surface area (Å²) in [6.07, 6.45) is 7.09. The molecule has 1 aromatic heterocycles. The predicted octanol–water partition coefficient (Wildman–Crippen LogP) is 0.781. The van der Waals surface area contributed by atoms with Crippen molar-refractivity contribution in [2.75, 3.05) is 26.8 Å². The Morgan fingerprint density at radius 2 is 2.32 bits per heavy atom. The van der Waals surface area contributed by atoms with Crippen molar-refractivity contribution < 1.29 is 13.2 Å². The average Bonchev–Trinajstić information content (AvgIpc) is 3.12. The number of hydrogen-bond donors (Lipinski definition) is 1. The van der Waals surface area contributed by atoms with E-state index in [-0.39, 0.29) is 6.04 Å². The summed E-state index contributed by atoms with van der Waals surface area (Å²) >= 11 is 0. The highest BCUT2D eigenvalue weighted by atomic mass is 32.2. The van der Waals surface area contributed by atoms with Crippen molar-refractivity contribution in [3.05, 3.63) is 18.2 Å². The van der Waals surface area contributed by atoms with E-state index in [1.54, 1.807) is 13.3 Å². The molecule has 0 aliphatic carbocycles. The summed E-state index contributed by atoms with van der Waals surface area (Å²) in [6, 6.07) is -0.0390. The molecule has 0 aromatic carbocycles. The van der Waals surface area contributed by atoms with Gasteiger partial charge in [0, 0.05) is 51.6 Å². The first-order valence-corrected chi connectivity index (χ1v) is 9.28. The quantitative estimate of drug-likeness (QED) is 0.679. The van der Waals surface area contributed by atoms with E-state index >= 15 is 0 Å². The van der Waals surface area contributed by atoms with Gasteiger partial charge in [-0.15, -0.1) is 0 Å². The van der Waals surface area contributed by atoms with Gasteiger partial charge in [0.25, 0.3) is 10.2 Å². The topological polar surface area (TPSA) is 76.5 Å². The highest BCUT2D eigenvalue weighted by Gasteiger charge is 2.33. The van der Waals surface area contributed by atoms with Crippen LogP contribution in [0.15, 0.2) is 12.4 Å². The number of imidazole rings is 1. The number of aromatic nitrogens is 2. The lowest BCUT2D eigenvalue weighted by Crippen LogP contribution is -2.45. The van der Waals surface area contributed by atoms with Gasteiger partial charge in [0.15, 0.2) is 0 Å². The van der Waals surface area contributed by atoms with E-state index in [2.05, 4.69) is 21.2 Å². The largest absolute Gasteiger partial charge is 0.383 e. The van der Waals surface area contributed by atoms with Crippen LogP contribution in [0.4, 0.5) is 0 Å². The fourth-order valence-corrected chi connectivity index (χ4v) is 4.37. The van der Waals surface area contributed by atoms with E-state index in [1.165, 1.54) is 4.31 Å². The molecule has 126 valence electrons. The van der Waals surface area contributed by atoms with Crippen molar-refractivity contribution in [2.45, 2.75) is 45.2 Å². The summed E-state index contributed by atoms with van der Waals surface area (Å²) in [4.78, 5) is 4.26. The average molecular weight is 330 g/mol. The molecule has 8 heteroatoms. The van der Waals surface area contributed by atoms with Crippen molar-refractivity contribution >= 4 is 10.2 Å². The molecule has 0 bridgehead atoms. The van der Waals surface area contributed by atoms with E-state index in [4.69, 9.17) is 4.74 Å². The van der Waals surface area contributed by atoms with Crippen LogP contribution < -0.4 is 4.72 Å². The molecule has 7 nitrogen and oxygen atoms in total. The minimum absolute atomic E-state index is 0.0390. The zero-order valence-electron chi connectivity index (χ0n) is 13.4. The van der Waals surface area contributed by atoms with Crippen LogP contribution in [0.2, 0.25) is 0 Å². The van der Waals surface area contributed by atoms with Crippen LogP contribution in [0.1, 0.15) is 32.0 Å². The molecule has 0 spiro atoms. The second-order valence-electron chi connectivity index (χ2n) is 5.51. The maximum atomic E-state index is 12.3. The standard InChI is InChI=1S/C14H26N4O3S/c1-3-14-15-8-11-17(14)9-5-7-16-22(19,20)18-10-4-6-13(18)12-21-2/h8,11,13,16H,3-7,9-10,12H2,1-2H3/t13-/m0/s1. The number of ether oxygens (including phenoxy) is 1. The maximum absolute atomic E-state index is 12.3. The Labute approximate surface area is 132 Å². The van der Waals surface area contributed by atoms with Gasteiger partial charge in [-0.1, -0.05) is 6.92 Å². The summed E-state index contributed by atoms with van der Waals surface area (Å²) in [5.74, 6) is 1.03. The lowest BCUT2D eigenvalue weighted by atomic mass is 10.2. The molecule has 1 aliphatic rings. The molecule has 2 heterocycles. The number of nitrogens with one attached hydrogen (secondary N) is 1. The summed E-state index contributed by atoms with van der Waals surface area (Å²) in [7, 11) is -1.81. The fourth-order valence-electron chi connectivity index (χ4n) is 2.88. The van der Waals surface area contributed by atoms with Crippen LogP contribution in [-0.2, 0) is 27.9 Å². The zero-order valence-corrected chi connectivity index (χ0v) is 14.2. The van der Waals surface area contributed by atoms with Gasteiger partial charge in [0.1, 0.15) is 5.82 Å². The Morgan fingerprint density at radius 1 is 1.50 bits per heavy atom. The van der Waals surface area contributed by atoms with Gasteiger partial charge in [0.05, 0.1) is 6.61 Å². The fraction of sp³-hybridized carbons (Fsp3) is 0.786. The maximum Gasteiger partial charge on any atom is 0.279 e. The zero-order chi connectivity index (χ0) is 16.0. The molecular formula is C14H26N4O3S. The summed E-state index contributed by atoms with van der Waals surface area (Å²) < 4.78 is 36.1. The third kappa shape index (κ3) is 4.28. The van der Waals surface area contributed by atoms with Crippen molar-refractivity contribution in [3.8, 4) is 0 Å². The first-order chi connectivity index (χ1) is 10.6. The third-order valence-corrected chi connectivity index (χ3v) is 5.64. The van der Waals surface area contributed by atoms with Gasteiger partial charge in [-0.3, -0.25) is 0 Å². The monoisotopic (exact) mass is 330 g/mol. The Kier molecular flexibility index (Phi) is 6.37. The molecule has 1 atom stereocenters. The first-order valence-electron chi connectivity index (χ1n) is 7.84. The Morgan fingerprint density at radius 3 is 3.05 bits per heavy atom. The van der Waals surface area contributed by atoms with Crippen molar-refractivity contribution in [1.29, 1.82) is 0 Å². The lowest BCUT2D eigenvalue weighted by molar-refractivity contribution is 0.148. The Hall–Kier alpha value is -0.960. The second kappa shape index (κ2) is 8.05. The number of aryl methyl sites for hydroxylation is 2.